The zero-order chi connectivity index (χ0) is 16.8. The second-order valence-corrected chi connectivity index (χ2v) is 7.42. The lowest BCUT2D eigenvalue weighted by Gasteiger charge is -2.22. The summed E-state index contributed by atoms with van der Waals surface area (Å²) in [5.74, 6) is 0.319. The fraction of sp³-hybridized carbons (Fsp3) is 0.316. The van der Waals surface area contributed by atoms with Gasteiger partial charge in [-0.25, -0.2) is 4.98 Å². The summed E-state index contributed by atoms with van der Waals surface area (Å²) in [6.45, 7) is 6.01. The normalized spacial score (nSPS) is 11.2. The molecule has 24 heavy (non-hydrogen) atoms. The van der Waals surface area contributed by atoms with Gasteiger partial charge in [0.15, 0.2) is 0 Å². The van der Waals surface area contributed by atoms with Crippen LogP contribution < -0.4 is 0 Å². The van der Waals surface area contributed by atoms with Crippen LogP contribution in [0.15, 0.2) is 55.1 Å². The number of rotatable bonds is 8. The fourth-order valence-corrected chi connectivity index (χ4v) is 3.69. The van der Waals surface area contributed by atoms with Gasteiger partial charge in [0.05, 0.1) is 6.33 Å². The Labute approximate surface area is 147 Å². The highest BCUT2D eigenvalue weighted by Crippen LogP contribution is 2.19. The van der Waals surface area contributed by atoms with Crippen molar-refractivity contribution in [1.82, 2.24) is 14.5 Å². The van der Waals surface area contributed by atoms with Crippen molar-refractivity contribution in [1.29, 1.82) is 0 Å². The summed E-state index contributed by atoms with van der Waals surface area (Å²) in [5.41, 5.74) is 1.23. The topological polar surface area (TPSA) is 41.3 Å². The van der Waals surface area contributed by atoms with Crippen LogP contribution in [0.4, 0.5) is 0 Å². The minimum atomic E-state index is 0.319. The third-order valence-electron chi connectivity index (χ3n) is 3.97. The molecule has 0 aliphatic carbocycles. The van der Waals surface area contributed by atoms with Crippen molar-refractivity contribution in [2.45, 2.75) is 33.0 Å². The molecule has 0 atom stereocenters. The van der Waals surface area contributed by atoms with E-state index in [1.54, 1.807) is 12.1 Å². The molecular formula is C19H23N3OS. The minimum Gasteiger partial charge on any atom is -0.508 e. The van der Waals surface area contributed by atoms with Gasteiger partial charge in [0.2, 0.25) is 0 Å². The summed E-state index contributed by atoms with van der Waals surface area (Å²) >= 11 is 1.86. The van der Waals surface area contributed by atoms with E-state index in [4.69, 9.17) is 0 Å². The highest BCUT2D eigenvalue weighted by atomic mass is 32.1. The van der Waals surface area contributed by atoms with E-state index in [1.165, 1.54) is 15.3 Å². The molecule has 1 N–H and O–H groups in total. The van der Waals surface area contributed by atoms with Gasteiger partial charge < -0.3 is 9.67 Å². The smallest absolute Gasteiger partial charge is 0.115 e. The molecule has 0 saturated carbocycles. The van der Waals surface area contributed by atoms with Gasteiger partial charge in [-0.15, -0.1) is 11.3 Å². The van der Waals surface area contributed by atoms with Crippen LogP contribution in [0.5, 0.6) is 5.75 Å². The van der Waals surface area contributed by atoms with Crippen LogP contribution in [0.25, 0.3) is 0 Å². The Kier molecular flexibility index (Phi) is 5.67. The molecule has 4 nitrogen and oxygen atoms in total. The van der Waals surface area contributed by atoms with Gasteiger partial charge in [0.25, 0.3) is 0 Å². The average molecular weight is 341 g/mol. The molecule has 2 aromatic heterocycles. The second kappa shape index (κ2) is 8.13. The molecule has 126 valence electrons. The minimum absolute atomic E-state index is 0.319. The molecule has 0 fully saturated rings. The summed E-state index contributed by atoms with van der Waals surface area (Å²) in [6, 6.07) is 11.9. The molecule has 3 aromatic rings. The van der Waals surface area contributed by atoms with Gasteiger partial charge in [-0.1, -0.05) is 12.1 Å². The highest BCUT2D eigenvalue weighted by Gasteiger charge is 2.09. The van der Waals surface area contributed by atoms with Gasteiger partial charge >= 0.3 is 0 Å². The first kappa shape index (κ1) is 16.7. The number of aryl methyl sites for hydroxylation is 2. The van der Waals surface area contributed by atoms with Gasteiger partial charge in [0.1, 0.15) is 5.75 Å². The molecular weight excluding hydrogens is 318 g/mol. The van der Waals surface area contributed by atoms with Crippen LogP contribution in [0.3, 0.4) is 0 Å². The van der Waals surface area contributed by atoms with Crippen LogP contribution in [-0.2, 0) is 19.6 Å². The number of phenolic OH excluding ortho intramolecular Hbond substituents is 1. The van der Waals surface area contributed by atoms with Crippen LogP contribution in [0.1, 0.15) is 21.7 Å². The Morgan fingerprint density at radius 1 is 1.12 bits per heavy atom. The number of thiophene rings is 1. The Hall–Kier alpha value is -2.11. The van der Waals surface area contributed by atoms with E-state index in [-0.39, 0.29) is 0 Å². The quantitative estimate of drug-likeness (QED) is 0.672. The molecule has 0 radical (unpaired) electrons. The van der Waals surface area contributed by atoms with Gasteiger partial charge in [-0.05, 0) is 43.2 Å². The van der Waals surface area contributed by atoms with Crippen molar-refractivity contribution in [3.8, 4) is 5.75 Å². The number of hydrogen-bond donors (Lipinski definition) is 1. The van der Waals surface area contributed by atoms with Gasteiger partial charge in [-0.2, -0.15) is 0 Å². The fourth-order valence-electron chi connectivity index (χ4n) is 2.76. The SMILES string of the molecule is Cc1ccc(CN(CCCn2ccnc2)Cc2ccc(O)cc2)s1. The predicted molar refractivity (Wildman–Crippen MR) is 98.1 cm³/mol. The Bertz CT molecular complexity index is 734. The molecule has 0 aliphatic rings. The molecule has 0 spiro atoms. The summed E-state index contributed by atoms with van der Waals surface area (Å²) in [6.07, 6.45) is 6.78. The van der Waals surface area contributed by atoms with Crippen molar-refractivity contribution in [3.05, 3.63) is 70.4 Å². The second-order valence-electron chi connectivity index (χ2n) is 6.04. The zero-order valence-electron chi connectivity index (χ0n) is 13.9. The maximum Gasteiger partial charge on any atom is 0.115 e. The van der Waals surface area contributed by atoms with Crippen LogP contribution in [-0.4, -0.2) is 26.1 Å². The van der Waals surface area contributed by atoms with E-state index in [9.17, 15) is 5.11 Å². The third-order valence-corrected chi connectivity index (χ3v) is 4.95. The van der Waals surface area contributed by atoms with E-state index < -0.39 is 0 Å². The van der Waals surface area contributed by atoms with Gasteiger partial charge in [-0.3, -0.25) is 4.90 Å². The number of nitrogens with zero attached hydrogens (tertiary/aromatic N) is 3. The maximum atomic E-state index is 9.46. The summed E-state index contributed by atoms with van der Waals surface area (Å²) in [5, 5.41) is 9.46. The van der Waals surface area contributed by atoms with Crippen molar-refractivity contribution < 1.29 is 5.11 Å². The monoisotopic (exact) mass is 341 g/mol. The van der Waals surface area contributed by atoms with Crippen molar-refractivity contribution in [2.24, 2.45) is 0 Å². The molecule has 0 unspecified atom stereocenters. The lowest BCUT2D eigenvalue weighted by molar-refractivity contribution is 0.250. The van der Waals surface area contributed by atoms with Crippen molar-refractivity contribution in [2.75, 3.05) is 6.54 Å². The molecule has 5 heteroatoms. The zero-order valence-corrected chi connectivity index (χ0v) is 14.7. The van der Waals surface area contributed by atoms with E-state index in [0.29, 0.717) is 5.75 Å². The van der Waals surface area contributed by atoms with Crippen molar-refractivity contribution in [3.63, 3.8) is 0 Å². The first-order valence-electron chi connectivity index (χ1n) is 8.20. The van der Waals surface area contributed by atoms with E-state index in [0.717, 1.165) is 32.6 Å². The van der Waals surface area contributed by atoms with Gasteiger partial charge in [0, 0.05) is 48.3 Å². The number of hydrogen-bond acceptors (Lipinski definition) is 4. The molecule has 0 amide bonds. The Balaban J connectivity index is 1.61. The molecule has 1 aromatic carbocycles. The standard InChI is InChI=1S/C19H23N3OS/c1-16-3-8-19(24-16)14-22(11-2-10-21-12-9-20-15-21)13-17-4-6-18(23)7-5-17/h3-9,12,15,23H,2,10-11,13-14H2,1H3. The number of aromatic hydroxyl groups is 1. The number of benzene rings is 1. The molecule has 0 saturated heterocycles. The largest absolute Gasteiger partial charge is 0.508 e. The summed E-state index contributed by atoms with van der Waals surface area (Å²) < 4.78 is 2.12. The van der Waals surface area contributed by atoms with E-state index >= 15 is 0 Å². The van der Waals surface area contributed by atoms with Crippen LogP contribution >= 0.6 is 11.3 Å². The predicted octanol–water partition coefficient (Wildman–Crippen LogP) is 4.05. The lowest BCUT2D eigenvalue weighted by Crippen LogP contribution is -2.24. The molecule has 0 aliphatic heterocycles. The van der Waals surface area contributed by atoms with Crippen LogP contribution in [0, 0.1) is 6.92 Å². The average Bonchev–Trinajstić information content (AvgIpc) is 3.21. The first-order valence-corrected chi connectivity index (χ1v) is 9.02. The number of phenols is 1. The Morgan fingerprint density at radius 3 is 2.62 bits per heavy atom. The first-order chi connectivity index (χ1) is 11.7. The molecule has 2 heterocycles. The molecule has 3 rings (SSSR count). The van der Waals surface area contributed by atoms with Crippen LogP contribution in [0.2, 0.25) is 0 Å². The lowest BCUT2D eigenvalue weighted by atomic mass is 10.2. The van der Waals surface area contributed by atoms with E-state index in [2.05, 4.69) is 33.5 Å². The van der Waals surface area contributed by atoms with Crippen molar-refractivity contribution >= 4 is 11.3 Å². The third kappa shape index (κ3) is 4.94. The summed E-state index contributed by atoms with van der Waals surface area (Å²) in [4.78, 5) is 9.31. The number of imidazole rings is 1. The number of aromatic nitrogens is 2. The Morgan fingerprint density at radius 2 is 1.96 bits per heavy atom. The summed E-state index contributed by atoms with van der Waals surface area (Å²) in [7, 11) is 0. The van der Waals surface area contributed by atoms with E-state index in [1.807, 2.05) is 42.2 Å². The highest BCUT2D eigenvalue weighted by molar-refractivity contribution is 7.11. The molecule has 0 bridgehead atoms. The maximum absolute atomic E-state index is 9.46.